The number of amides is 3. The molecule has 2 aromatic heterocycles. The van der Waals surface area contributed by atoms with Crippen molar-refractivity contribution < 1.29 is 23.5 Å². The second kappa shape index (κ2) is 7.18. The van der Waals surface area contributed by atoms with Gasteiger partial charge in [0.2, 0.25) is 0 Å². The Morgan fingerprint density at radius 1 is 1.34 bits per heavy atom. The Morgan fingerprint density at radius 3 is 2.79 bits per heavy atom. The van der Waals surface area contributed by atoms with Crippen molar-refractivity contribution in [3.05, 3.63) is 47.2 Å². The van der Waals surface area contributed by atoms with E-state index in [1.54, 1.807) is 19.1 Å². The number of imide groups is 1. The van der Waals surface area contributed by atoms with Crippen LogP contribution in [0.15, 0.2) is 28.9 Å². The average Bonchev–Trinajstić information content (AvgIpc) is 3.46. The summed E-state index contributed by atoms with van der Waals surface area (Å²) in [6.45, 7) is 6.56. The van der Waals surface area contributed by atoms with Crippen molar-refractivity contribution in [1.82, 2.24) is 14.8 Å². The summed E-state index contributed by atoms with van der Waals surface area (Å²) in [6, 6.07) is 4.49. The molecule has 2 aliphatic heterocycles. The van der Waals surface area contributed by atoms with Crippen LogP contribution in [0.5, 0.6) is 0 Å². The number of hydrogen-bond donors (Lipinski definition) is 1. The van der Waals surface area contributed by atoms with Crippen LogP contribution >= 0.6 is 0 Å². The monoisotopic (exact) mass is 399 g/mol. The molecule has 154 valence electrons. The number of aryl methyl sites for hydroxylation is 1. The van der Waals surface area contributed by atoms with E-state index in [-0.39, 0.29) is 18.4 Å². The number of furan rings is 1. The van der Waals surface area contributed by atoms with Crippen molar-refractivity contribution in [3.8, 4) is 0 Å². The first-order valence-corrected chi connectivity index (χ1v) is 9.81. The summed E-state index contributed by atoms with van der Waals surface area (Å²) < 4.78 is 13.1. The SMILES string of the molecule is Cc1cc(C(=O)CN2C(=O)N[C@@](C)(c3ccco3)C2=O)c(C)n1C[C@H]1CCCO1. The Bertz CT molecular complexity index is 955. The quantitative estimate of drug-likeness (QED) is 0.595. The van der Waals surface area contributed by atoms with Crippen molar-refractivity contribution >= 4 is 17.7 Å². The van der Waals surface area contributed by atoms with E-state index in [4.69, 9.17) is 9.15 Å². The first-order valence-electron chi connectivity index (χ1n) is 9.81. The Kier molecular flexibility index (Phi) is 4.82. The van der Waals surface area contributed by atoms with E-state index in [2.05, 4.69) is 9.88 Å². The molecule has 0 aliphatic carbocycles. The molecule has 0 aromatic carbocycles. The van der Waals surface area contributed by atoms with Gasteiger partial charge in [0.15, 0.2) is 11.3 Å². The zero-order valence-corrected chi connectivity index (χ0v) is 16.9. The number of carbonyl (C=O) groups excluding carboxylic acids is 3. The zero-order valence-electron chi connectivity index (χ0n) is 16.9. The maximum Gasteiger partial charge on any atom is 0.325 e. The normalized spacial score (nSPS) is 24.4. The second-order valence-electron chi connectivity index (χ2n) is 7.88. The van der Waals surface area contributed by atoms with Crippen LogP contribution in [0.25, 0.3) is 0 Å². The molecular formula is C21H25N3O5. The van der Waals surface area contributed by atoms with Gasteiger partial charge < -0.3 is 19.0 Å². The lowest BCUT2D eigenvalue weighted by molar-refractivity contribution is -0.131. The minimum atomic E-state index is -1.31. The van der Waals surface area contributed by atoms with Crippen LogP contribution in [0.3, 0.4) is 0 Å². The fourth-order valence-electron chi connectivity index (χ4n) is 4.16. The van der Waals surface area contributed by atoms with Crippen LogP contribution in [0.4, 0.5) is 4.79 Å². The van der Waals surface area contributed by atoms with Gasteiger partial charge in [0.05, 0.1) is 18.9 Å². The highest BCUT2D eigenvalue weighted by Gasteiger charge is 2.51. The number of rotatable bonds is 6. The van der Waals surface area contributed by atoms with Crippen LogP contribution in [0.1, 0.15) is 47.3 Å². The second-order valence-corrected chi connectivity index (χ2v) is 7.88. The van der Waals surface area contributed by atoms with Crippen molar-refractivity contribution in [2.45, 2.75) is 51.8 Å². The number of hydrogen-bond acceptors (Lipinski definition) is 5. The van der Waals surface area contributed by atoms with E-state index < -0.39 is 17.5 Å². The van der Waals surface area contributed by atoms with E-state index in [1.165, 1.54) is 6.26 Å². The van der Waals surface area contributed by atoms with E-state index in [1.807, 2.05) is 19.9 Å². The summed E-state index contributed by atoms with van der Waals surface area (Å²) in [5, 5.41) is 2.64. The van der Waals surface area contributed by atoms with Crippen LogP contribution in [0, 0.1) is 13.8 Å². The minimum Gasteiger partial charge on any atom is -0.466 e. The molecule has 0 bridgehead atoms. The molecule has 2 fully saturated rings. The third kappa shape index (κ3) is 3.27. The van der Waals surface area contributed by atoms with Crippen molar-refractivity contribution in [3.63, 3.8) is 0 Å². The molecule has 29 heavy (non-hydrogen) atoms. The summed E-state index contributed by atoms with van der Waals surface area (Å²) in [4.78, 5) is 39.3. The smallest absolute Gasteiger partial charge is 0.325 e. The minimum absolute atomic E-state index is 0.155. The van der Waals surface area contributed by atoms with E-state index in [0.29, 0.717) is 17.9 Å². The van der Waals surface area contributed by atoms with E-state index >= 15 is 0 Å². The molecule has 2 aromatic rings. The molecule has 0 radical (unpaired) electrons. The van der Waals surface area contributed by atoms with Gasteiger partial charge in [-0.25, -0.2) is 4.79 Å². The fourth-order valence-corrected chi connectivity index (χ4v) is 4.16. The van der Waals surface area contributed by atoms with Gasteiger partial charge in [-0.05, 0) is 51.8 Å². The number of Topliss-reactive ketones (excluding diaryl/α,β-unsaturated/α-hetero) is 1. The van der Waals surface area contributed by atoms with E-state index in [0.717, 1.165) is 35.7 Å². The number of carbonyl (C=O) groups is 3. The molecule has 2 aliphatic rings. The van der Waals surface area contributed by atoms with Gasteiger partial charge in [0, 0.05) is 30.1 Å². The third-order valence-electron chi connectivity index (χ3n) is 5.87. The standard InChI is InChI=1S/C21H25N3O5/c1-13-10-16(14(2)23(13)11-15-6-4-8-28-15)17(25)12-24-19(26)21(3,22-20(24)27)18-7-5-9-29-18/h5,7,9-10,15H,4,6,8,11-12H2,1-3H3,(H,22,27)/t15-,21+/m1/s1. The van der Waals surface area contributed by atoms with Crippen molar-refractivity contribution in [2.24, 2.45) is 0 Å². The predicted molar refractivity (Wildman–Crippen MR) is 104 cm³/mol. The fraction of sp³-hybridized carbons (Fsp3) is 0.476. The number of nitrogens with one attached hydrogen (secondary N) is 1. The zero-order chi connectivity index (χ0) is 20.8. The molecule has 4 heterocycles. The van der Waals surface area contributed by atoms with Gasteiger partial charge >= 0.3 is 6.03 Å². The summed E-state index contributed by atoms with van der Waals surface area (Å²) in [5.74, 6) is -0.441. The van der Waals surface area contributed by atoms with E-state index in [9.17, 15) is 14.4 Å². The highest BCUT2D eigenvalue weighted by atomic mass is 16.5. The number of aromatic nitrogens is 1. The molecular weight excluding hydrogens is 374 g/mol. The van der Waals surface area contributed by atoms with Crippen LogP contribution in [-0.2, 0) is 21.6 Å². The largest absolute Gasteiger partial charge is 0.466 e. The Balaban J connectivity index is 1.52. The lowest BCUT2D eigenvalue weighted by Crippen LogP contribution is -2.41. The third-order valence-corrected chi connectivity index (χ3v) is 5.87. The van der Waals surface area contributed by atoms with Crippen molar-refractivity contribution in [1.29, 1.82) is 0 Å². The Morgan fingerprint density at radius 2 is 2.14 bits per heavy atom. The van der Waals surface area contributed by atoms with Crippen LogP contribution in [0.2, 0.25) is 0 Å². The Hall–Kier alpha value is -2.87. The lowest BCUT2D eigenvalue weighted by Gasteiger charge is -2.18. The number of ether oxygens (including phenoxy) is 1. The molecule has 0 unspecified atom stereocenters. The molecule has 2 saturated heterocycles. The maximum atomic E-state index is 13.0. The average molecular weight is 399 g/mol. The molecule has 8 nitrogen and oxygen atoms in total. The summed E-state index contributed by atoms with van der Waals surface area (Å²) in [7, 11) is 0. The summed E-state index contributed by atoms with van der Waals surface area (Å²) in [5.41, 5.74) is 0.993. The van der Waals surface area contributed by atoms with Crippen LogP contribution < -0.4 is 5.32 Å². The number of ketones is 1. The molecule has 1 N–H and O–H groups in total. The topological polar surface area (TPSA) is 93.8 Å². The molecule has 0 saturated carbocycles. The van der Waals surface area contributed by atoms with Crippen LogP contribution in [-0.4, -0.2) is 46.4 Å². The lowest BCUT2D eigenvalue weighted by atomic mass is 9.99. The van der Waals surface area contributed by atoms with Gasteiger partial charge in [-0.1, -0.05) is 0 Å². The summed E-state index contributed by atoms with van der Waals surface area (Å²) in [6.07, 6.45) is 3.66. The molecule has 8 heteroatoms. The molecule has 0 spiro atoms. The maximum absolute atomic E-state index is 13.0. The first kappa shape index (κ1) is 19.4. The van der Waals surface area contributed by atoms with Gasteiger partial charge in [0.1, 0.15) is 5.76 Å². The highest BCUT2D eigenvalue weighted by molar-refractivity contribution is 6.11. The molecule has 2 atom stereocenters. The highest BCUT2D eigenvalue weighted by Crippen LogP contribution is 2.29. The van der Waals surface area contributed by atoms with Gasteiger partial charge in [-0.15, -0.1) is 0 Å². The molecule has 4 rings (SSSR count). The number of urea groups is 1. The molecule has 3 amide bonds. The Labute approximate surface area is 168 Å². The first-order chi connectivity index (χ1) is 13.8. The van der Waals surface area contributed by atoms with Gasteiger partial charge in [-0.2, -0.15) is 0 Å². The summed E-state index contributed by atoms with van der Waals surface area (Å²) >= 11 is 0. The predicted octanol–water partition coefficient (Wildman–Crippen LogP) is 2.53. The van der Waals surface area contributed by atoms with Gasteiger partial charge in [0.25, 0.3) is 5.91 Å². The van der Waals surface area contributed by atoms with Gasteiger partial charge in [-0.3, -0.25) is 14.5 Å². The van der Waals surface area contributed by atoms with Crippen molar-refractivity contribution in [2.75, 3.05) is 13.2 Å². The number of nitrogens with zero attached hydrogens (tertiary/aromatic N) is 2.